The van der Waals surface area contributed by atoms with Gasteiger partial charge in [-0.25, -0.2) is 4.79 Å². The van der Waals surface area contributed by atoms with E-state index in [9.17, 15) is 14.4 Å². The fourth-order valence-corrected chi connectivity index (χ4v) is 1.45. The van der Waals surface area contributed by atoms with Crippen molar-refractivity contribution < 1.29 is 19.5 Å². The Labute approximate surface area is 122 Å². The highest BCUT2D eigenvalue weighted by atomic mass is 16.4. The highest BCUT2D eigenvalue weighted by Gasteiger charge is 2.08. The van der Waals surface area contributed by atoms with Gasteiger partial charge in [0.2, 0.25) is 5.91 Å². The number of rotatable bonds is 6. The van der Waals surface area contributed by atoms with Gasteiger partial charge in [-0.2, -0.15) is 0 Å². The largest absolute Gasteiger partial charge is 0.478 e. The van der Waals surface area contributed by atoms with E-state index in [0.717, 1.165) is 18.6 Å². The molecule has 0 spiro atoms. The normalized spacial score (nSPS) is 11.9. The molecule has 6 nitrogen and oxygen atoms in total. The van der Waals surface area contributed by atoms with Crippen LogP contribution >= 0.6 is 0 Å². The minimum Gasteiger partial charge on any atom is -0.478 e. The zero-order valence-corrected chi connectivity index (χ0v) is 11.9. The second kappa shape index (κ2) is 7.84. The van der Waals surface area contributed by atoms with Crippen LogP contribution in [0.15, 0.2) is 36.4 Å². The Morgan fingerprint density at radius 2 is 1.81 bits per heavy atom. The molecule has 1 aromatic rings. The molecule has 1 rings (SSSR count). The third-order valence-electron chi connectivity index (χ3n) is 2.78. The fourth-order valence-electron chi connectivity index (χ4n) is 1.45. The summed E-state index contributed by atoms with van der Waals surface area (Å²) in [5, 5.41) is 13.7. The summed E-state index contributed by atoms with van der Waals surface area (Å²) in [6, 6.07) is 6.44. The first-order valence-corrected chi connectivity index (χ1v) is 6.55. The monoisotopic (exact) mass is 290 g/mol. The third-order valence-corrected chi connectivity index (χ3v) is 2.78. The topological polar surface area (TPSA) is 95.5 Å². The first kappa shape index (κ1) is 16.4. The van der Waals surface area contributed by atoms with Gasteiger partial charge in [-0.15, -0.1) is 0 Å². The van der Waals surface area contributed by atoms with E-state index in [-0.39, 0.29) is 11.9 Å². The van der Waals surface area contributed by atoms with Crippen molar-refractivity contribution in [1.82, 2.24) is 5.32 Å². The number of carbonyl (C=O) groups is 3. The van der Waals surface area contributed by atoms with Crippen molar-refractivity contribution in [2.75, 3.05) is 5.32 Å². The second-order valence-electron chi connectivity index (χ2n) is 4.52. The van der Waals surface area contributed by atoms with E-state index in [1.807, 2.05) is 13.8 Å². The molecule has 112 valence electrons. The maximum absolute atomic E-state index is 11.9. The predicted molar refractivity (Wildman–Crippen MR) is 79.1 cm³/mol. The number of carboxylic acid groups (broad SMARTS) is 1. The zero-order chi connectivity index (χ0) is 15.8. The number of carbonyl (C=O) groups excluding carboxylic acids is 2. The average Bonchev–Trinajstić information content (AvgIpc) is 2.45. The molecule has 1 atom stereocenters. The molecule has 1 aromatic carbocycles. The number of anilines is 1. The van der Waals surface area contributed by atoms with Crippen LogP contribution in [-0.4, -0.2) is 28.9 Å². The average molecular weight is 290 g/mol. The summed E-state index contributed by atoms with van der Waals surface area (Å²) in [6.45, 7) is 3.90. The molecule has 0 saturated carbocycles. The molecule has 0 radical (unpaired) electrons. The van der Waals surface area contributed by atoms with Gasteiger partial charge in [0.05, 0.1) is 0 Å². The Morgan fingerprint density at radius 1 is 1.19 bits per heavy atom. The van der Waals surface area contributed by atoms with Crippen molar-refractivity contribution in [3.05, 3.63) is 42.0 Å². The van der Waals surface area contributed by atoms with Crippen LogP contribution in [0, 0.1) is 0 Å². The number of benzene rings is 1. The lowest BCUT2D eigenvalue weighted by Crippen LogP contribution is -2.31. The van der Waals surface area contributed by atoms with Crippen LogP contribution in [0.25, 0.3) is 0 Å². The van der Waals surface area contributed by atoms with Crippen LogP contribution < -0.4 is 10.6 Å². The van der Waals surface area contributed by atoms with Crippen molar-refractivity contribution >= 4 is 23.5 Å². The molecule has 3 N–H and O–H groups in total. The molecule has 0 aliphatic carbocycles. The van der Waals surface area contributed by atoms with E-state index in [4.69, 9.17) is 5.11 Å². The Kier molecular flexibility index (Phi) is 6.13. The number of amides is 2. The summed E-state index contributed by atoms with van der Waals surface area (Å²) in [6.07, 6.45) is 2.52. The number of nitrogens with one attached hydrogen (secondary N) is 2. The van der Waals surface area contributed by atoms with Crippen molar-refractivity contribution in [1.29, 1.82) is 0 Å². The van der Waals surface area contributed by atoms with E-state index < -0.39 is 11.9 Å². The minimum atomic E-state index is -1.19. The number of aliphatic carboxylic acids is 1. The number of hydrogen-bond donors (Lipinski definition) is 3. The molecular formula is C15H18N2O4. The number of carboxylic acids is 1. The van der Waals surface area contributed by atoms with Crippen LogP contribution in [-0.2, 0) is 9.59 Å². The summed E-state index contributed by atoms with van der Waals surface area (Å²) >= 11 is 0. The molecule has 0 aliphatic rings. The third kappa shape index (κ3) is 5.90. The summed E-state index contributed by atoms with van der Waals surface area (Å²) in [7, 11) is 0. The van der Waals surface area contributed by atoms with Gasteiger partial charge in [0, 0.05) is 29.4 Å². The maximum atomic E-state index is 11.9. The summed E-state index contributed by atoms with van der Waals surface area (Å²) in [5.41, 5.74) is 0.976. The molecular weight excluding hydrogens is 272 g/mol. The van der Waals surface area contributed by atoms with E-state index in [0.29, 0.717) is 11.3 Å². The highest BCUT2D eigenvalue weighted by Crippen LogP contribution is 2.10. The molecule has 0 aromatic heterocycles. The van der Waals surface area contributed by atoms with Gasteiger partial charge < -0.3 is 15.7 Å². The van der Waals surface area contributed by atoms with Gasteiger partial charge in [0.15, 0.2) is 0 Å². The van der Waals surface area contributed by atoms with Gasteiger partial charge in [-0.1, -0.05) is 6.92 Å². The molecule has 1 unspecified atom stereocenters. The van der Waals surface area contributed by atoms with Gasteiger partial charge in [-0.3, -0.25) is 9.59 Å². The Morgan fingerprint density at radius 3 is 2.33 bits per heavy atom. The first-order chi connectivity index (χ1) is 9.92. The molecule has 6 heteroatoms. The number of hydrogen-bond acceptors (Lipinski definition) is 3. The summed E-state index contributed by atoms with van der Waals surface area (Å²) in [5.74, 6) is -1.91. The molecule has 0 fully saturated rings. The van der Waals surface area contributed by atoms with Gasteiger partial charge in [0.1, 0.15) is 0 Å². The van der Waals surface area contributed by atoms with E-state index >= 15 is 0 Å². The van der Waals surface area contributed by atoms with E-state index in [1.165, 1.54) is 0 Å². The van der Waals surface area contributed by atoms with Crippen molar-refractivity contribution in [3.63, 3.8) is 0 Å². The standard InChI is InChI=1S/C15H18N2O4/c1-3-10(2)16-15(21)11-4-6-12(7-5-11)17-13(18)8-9-14(19)20/h4-10H,3H2,1-2H3,(H,16,21)(H,17,18)(H,19,20)/b9-8+. The zero-order valence-electron chi connectivity index (χ0n) is 11.9. The lowest BCUT2D eigenvalue weighted by molar-refractivity contribution is -0.131. The van der Waals surface area contributed by atoms with Crippen LogP contribution in [0.2, 0.25) is 0 Å². The van der Waals surface area contributed by atoms with E-state index in [1.54, 1.807) is 24.3 Å². The molecule has 0 saturated heterocycles. The Bertz CT molecular complexity index is 549. The van der Waals surface area contributed by atoms with Gasteiger partial charge in [0.25, 0.3) is 5.91 Å². The second-order valence-corrected chi connectivity index (χ2v) is 4.52. The molecule has 0 bridgehead atoms. The lowest BCUT2D eigenvalue weighted by Gasteiger charge is -2.11. The maximum Gasteiger partial charge on any atom is 0.328 e. The van der Waals surface area contributed by atoms with Crippen molar-refractivity contribution in [3.8, 4) is 0 Å². The van der Waals surface area contributed by atoms with Crippen molar-refractivity contribution in [2.24, 2.45) is 0 Å². The minimum absolute atomic E-state index is 0.0954. The fraction of sp³-hybridized carbons (Fsp3) is 0.267. The summed E-state index contributed by atoms with van der Waals surface area (Å²) < 4.78 is 0. The smallest absolute Gasteiger partial charge is 0.328 e. The van der Waals surface area contributed by atoms with Crippen LogP contribution in [0.1, 0.15) is 30.6 Å². The predicted octanol–water partition coefficient (Wildman–Crippen LogP) is 1.79. The van der Waals surface area contributed by atoms with Crippen LogP contribution in [0.4, 0.5) is 5.69 Å². The van der Waals surface area contributed by atoms with Gasteiger partial charge in [-0.05, 0) is 37.6 Å². The SMILES string of the molecule is CCC(C)NC(=O)c1ccc(NC(=O)/C=C/C(=O)O)cc1. The first-order valence-electron chi connectivity index (χ1n) is 6.55. The molecule has 21 heavy (non-hydrogen) atoms. The Balaban J connectivity index is 2.64. The summed E-state index contributed by atoms with van der Waals surface area (Å²) in [4.78, 5) is 33.5. The molecule has 0 heterocycles. The molecule has 2 amide bonds. The van der Waals surface area contributed by atoms with Gasteiger partial charge >= 0.3 is 5.97 Å². The van der Waals surface area contributed by atoms with E-state index in [2.05, 4.69) is 10.6 Å². The lowest BCUT2D eigenvalue weighted by atomic mass is 10.1. The van der Waals surface area contributed by atoms with Crippen molar-refractivity contribution in [2.45, 2.75) is 26.3 Å². The quantitative estimate of drug-likeness (QED) is 0.696. The highest BCUT2D eigenvalue weighted by molar-refractivity contribution is 6.02. The van der Waals surface area contributed by atoms with Crippen LogP contribution in [0.3, 0.4) is 0 Å². The Hall–Kier alpha value is -2.63. The van der Waals surface area contributed by atoms with Crippen LogP contribution in [0.5, 0.6) is 0 Å². The molecule has 0 aliphatic heterocycles.